The Labute approximate surface area is 116 Å². The first-order chi connectivity index (χ1) is 8.89. The molecule has 0 saturated carbocycles. The van der Waals surface area contributed by atoms with Gasteiger partial charge in [0.05, 0.1) is 0 Å². The highest BCUT2D eigenvalue weighted by molar-refractivity contribution is 7.07. The Kier molecular flexibility index (Phi) is 10.2. The van der Waals surface area contributed by atoms with Crippen LogP contribution in [0.5, 0.6) is 0 Å². The van der Waals surface area contributed by atoms with Crippen LogP contribution in [0.3, 0.4) is 0 Å². The Balaban J connectivity index is 0.000000137. The Morgan fingerprint density at radius 1 is 0.833 bits per heavy atom. The minimum absolute atomic E-state index is 1.00. The second kappa shape index (κ2) is 11.7. The molecule has 1 aromatic rings. The quantitative estimate of drug-likeness (QED) is 0.705. The summed E-state index contributed by atoms with van der Waals surface area (Å²) in [5.41, 5.74) is 0. The Hall–Kier alpha value is -0.380. The predicted molar refractivity (Wildman–Crippen MR) is 80.3 cm³/mol. The molecule has 0 amide bonds. The Morgan fingerprint density at radius 2 is 1.39 bits per heavy atom. The van der Waals surface area contributed by atoms with Gasteiger partial charge in [-0.25, -0.2) is 0 Å². The molecule has 18 heavy (non-hydrogen) atoms. The smallest absolute Gasteiger partial charge is 0.0466 e. The largest absolute Gasteiger partial charge is 0.381 e. The predicted octanol–water partition coefficient (Wildman–Crippen LogP) is 4.04. The summed E-state index contributed by atoms with van der Waals surface area (Å²) in [4.78, 5) is 2.39. The molecule has 3 rings (SSSR count). The van der Waals surface area contributed by atoms with Gasteiger partial charge in [-0.05, 0) is 63.0 Å². The molecule has 0 bridgehead atoms. The molecular formula is C15H27NOS. The molecule has 3 heterocycles. The van der Waals surface area contributed by atoms with E-state index in [0.717, 1.165) is 13.2 Å². The van der Waals surface area contributed by atoms with Gasteiger partial charge in [0.1, 0.15) is 0 Å². The highest BCUT2D eigenvalue weighted by Gasteiger charge is 2.02. The maximum Gasteiger partial charge on any atom is 0.0466 e. The molecule has 0 atom stereocenters. The molecule has 0 aromatic carbocycles. The zero-order valence-corrected chi connectivity index (χ0v) is 12.5. The van der Waals surface area contributed by atoms with E-state index in [1.165, 1.54) is 51.6 Å². The molecular weight excluding hydrogens is 242 g/mol. The SMILES string of the molecule is C1CCOCC1.CN1CCCCC1.c1ccsc1. The summed E-state index contributed by atoms with van der Waals surface area (Å²) in [6.45, 7) is 4.64. The molecule has 2 nitrogen and oxygen atoms in total. The average molecular weight is 269 g/mol. The molecule has 2 aliphatic heterocycles. The first kappa shape index (κ1) is 15.7. The fraction of sp³-hybridized carbons (Fsp3) is 0.733. The molecule has 2 saturated heterocycles. The van der Waals surface area contributed by atoms with E-state index in [1.807, 2.05) is 22.9 Å². The minimum atomic E-state index is 1.00. The zero-order valence-electron chi connectivity index (χ0n) is 11.6. The van der Waals surface area contributed by atoms with Crippen molar-refractivity contribution in [2.45, 2.75) is 38.5 Å². The van der Waals surface area contributed by atoms with Crippen LogP contribution in [0.25, 0.3) is 0 Å². The van der Waals surface area contributed by atoms with Crippen molar-refractivity contribution in [3.05, 3.63) is 22.9 Å². The molecule has 3 heteroatoms. The minimum Gasteiger partial charge on any atom is -0.381 e. The fourth-order valence-electron chi connectivity index (χ4n) is 1.97. The summed E-state index contributed by atoms with van der Waals surface area (Å²) >= 11 is 1.71. The van der Waals surface area contributed by atoms with Crippen LogP contribution in [0.1, 0.15) is 38.5 Å². The molecule has 0 unspecified atom stereocenters. The second-order valence-corrected chi connectivity index (χ2v) is 5.65. The summed E-state index contributed by atoms with van der Waals surface area (Å²) in [7, 11) is 2.19. The van der Waals surface area contributed by atoms with Gasteiger partial charge < -0.3 is 9.64 Å². The Bertz CT molecular complexity index is 212. The number of ether oxygens (including phenoxy) is 1. The van der Waals surface area contributed by atoms with Gasteiger partial charge in [-0.2, -0.15) is 11.3 Å². The zero-order chi connectivity index (χ0) is 12.9. The van der Waals surface area contributed by atoms with E-state index in [9.17, 15) is 0 Å². The van der Waals surface area contributed by atoms with E-state index in [1.54, 1.807) is 11.3 Å². The second-order valence-electron chi connectivity index (χ2n) is 4.83. The maximum absolute atomic E-state index is 5.07. The standard InChI is InChI=1S/C6H13N.C5H10O.C4H4S/c1-7-5-3-2-4-6-7;1-2-4-6-5-3-1;1-2-4-5-3-1/h2-6H2,1H3;1-5H2;1-4H. The van der Waals surface area contributed by atoms with Crippen LogP contribution in [0.2, 0.25) is 0 Å². The van der Waals surface area contributed by atoms with Crippen molar-refractivity contribution in [3.63, 3.8) is 0 Å². The lowest BCUT2D eigenvalue weighted by molar-refractivity contribution is 0.0968. The summed E-state index contributed by atoms with van der Waals surface area (Å²) in [5, 5.41) is 4.08. The van der Waals surface area contributed by atoms with Crippen LogP contribution < -0.4 is 0 Å². The summed E-state index contributed by atoms with van der Waals surface area (Å²) in [6, 6.07) is 4.04. The summed E-state index contributed by atoms with van der Waals surface area (Å²) in [6.07, 6.45) is 8.21. The van der Waals surface area contributed by atoms with Crippen molar-refractivity contribution < 1.29 is 4.74 Å². The fourth-order valence-corrected chi connectivity index (χ4v) is 2.42. The van der Waals surface area contributed by atoms with Crippen molar-refractivity contribution in [3.8, 4) is 0 Å². The van der Waals surface area contributed by atoms with Gasteiger partial charge in [0.2, 0.25) is 0 Å². The van der Waals surface area contributed by atoms with Crippen LogP contribution in [0, 0.1) is 0 Å². The van der Waals surface area contributed by atoms with E-state index < -0.39 is 0 Å². The number of piperidine rings is 1. The number of rotatable bonds is 0. The van der Waals surface area contributed by atoms with Gasteiger partial charge in [0.25, 0.3) is 0 Å². The van der Waals surface area contributed by atoms with Crippen molar-refractivity contribution >= 4 is 11.3 Å². The monoisotopic (exact) mass is 269 g/mol. The lowest BCUT2D eigenvalue weighted by Gasteiger charge is -2.20. The molecule has 1 aromatic heterocycles. The van der Waals surface area contributed by atoms with Crippen LogP contribution in [0.15, 0.2) is 22.9 Å². The third kappa shape index (κ3) is 9.63. The number of likely N-dealkylation sites (tertiary alicyclic amines) is 1. The number of nitrogens with zero attached hydrogens (tertiary/aromatic N) is 1. The van der Waals surface area contributed by atoms with Crippen molar-refractivity contribution in [2.24, 2.45) is 0 Å². The van der Waals surface area contributed by atoms with Crippen LogP contribution in [0.4, 0.5) is 0 Å². The number of hydrogen-bond donors (Lipinski definition) is 0. The van der Waals surface area contributed by atoms with E-state index in [4.69, 9.17) is 4.74 Å². The van der Waals surface area contributed by atoms with E-state index in [-0.39, 0.29) is 0 Å². The highest BCUT2D eigenvalue weighted by Crippen LogP contribution is 2.04. The third-order valence-corrected chi connectivity index (χ3v) is 3.71. The van der Waals surface area contributed by atoms with Gasteiger partial charge in [-0.1, -0.05) is 18.6 Å². The van der Waals surface area contributed by atoms with E-state index >= 15 is 0 Å². The van der Waals surface area contributed by atoms with Gasteiger partial charge in [-0.15, -0.1) is 0 Å². The van der Waals surface area contributed by atoms with Gasteiger partial charge in [-0.3, -0.25) is 0 Å². The van der Waals surface area contributed by atoms with Crippen LogP contribution in [-0.4, -0.2) is 38.3 Å². The summed E-state index contributed by atoms with van der Waals surface area (Å²) < 4.78 is 5.07. The van der Waals surface area contributed by atoms with Gasteiger partial charge in [0.15, 0.2) is 0 Å². The molecule has 104 valence electrons. The Morgan fingerprint density at radius 3 is 1.61 bits per heavy atom. The number of thiophene rings is 1. The first-order valence-electron chi connectivity index (χ1n) is 7.13. The molecule has 0 radical (unpaired) electrons. The number of hydrogen-bond acceptors (Lipinski definition) is 3. The normalized spacial score (nSPS) is 20.1. The molecule has 0 spiro atoms. The topological polar surface area (TPSA) is 12.5 Å². The van der Waals surface area contributed by atoms with E-state index in [0.29, 0.717) is 0 Å². The van der Waals surface area contributed by atoms with Crippen molar-refractivity contribution in [1.82, 2.24) is 4.90 Å². The average Bonchev–Trinajstić information content (AvgIpc) is 3.01. The summed E-state index contributed by atoms with van der Waals surface area (Å²) in [5.74, 6) is 0. The van der Waals surface area contributed by atoms with Crippen LogP contribution in [-0.2, 0) is 4.74 Å². The first-order valence-corrected chi connectivity index (χ1v) is 8.07. The lowest BCUT2D eigenvalue weighted by atomic mass is 10.1. The van der Waals surface area contributed by atoms with Crippen molar-refractivity contribution in [1.29, 1.82) is 0 Å². The highest BCUT2D eigenvalue weighted by atomic mass is 32.1. The molecule has 0 N–H and O–H groups in total. The lowest BCUT2D eigenvalue weighted by Crippen LogP contribution is -2.24. The third-order valence-electron chi connectivity index (χ3n) is 3.08. The van der Waals surface area contributed by atoms with Gasteiger partial charge in [0, 0.05) is 13.2 Å². The van der Waals surface area contributed by atoms with Gasteiger partial charge >= 0.3 is 0 Å². The van der Waals surface area contributed by atoms with E-state index in [2.05, 4.69) is 11.9 Å². The molecule has 0 aliphatic carbocycles. The molecule has 2 fully saturated rings. The van der Waals surface area contributed by atoms with Crippen molar-refractivity contribution in [2.75, 3.05) is 33.4 Å². The molecule has 2 aliphatic rings. The maximum atomic E-state index is 5.07. The van der Waals surface area contributed by atoms with Crippen LogP contribution >= 0.6 is 11.3 Å².